The summed E-state index contributed by atoms with van der Waals surface area (Å²) in [7, 11) is -0.979. The molecule has 1 aromatic rings. The van der Waals surface area contributed by atoms with Crippen LogP contribution in [0.1, 0.15) is 12.5 Å². The van der Waals surface area contributed by atoms with Gasteiger partial charge in [-0.15, -0.1) is 0 Å². The van der Waals surface area contributed by atoms with Gasteiger partial charge in [0.25, 0.3) is 0 Å². The van der Waals surface area contributed by atoms with Gasteiger partial charge in [-0.1, -0.05) is 6.92 Å². The smallest absolute Gasteiger partial charge is 0.309 e. The van der Waals surface area contributed by atoms with Crippen molar-refractivity contribution in [2.24, 2.45) is 5.92 Å². The Morgan fingerprint density at radius 3 is 2.50 bits per heavy atom. The first-order valence-corrected chi connectivity index (χ1v) is 7.54. The normalized spacial score (nSPS) is 13.2. The number of carbonyl (C=O) groups excluding carboxylic acids is 1. The molecule has 112 valence electrons. The van der Waals surface area contributed by atoms with E-state index in [1.807, 2.05) is 0 Å². The Hall–Kier alpha value is -1.60. The van der Waals surface area contributed by atoms with Crippen LogP contribution < -0.4 is 5.73 Å². The van der Waals surface area contributed by atoms with Crippen molar-refractivity contribution < 1.29 is 17.9 Å². The number of rotatable bonds is 5. The number of ether oxygens (including phenoxy) is 1. The van der Waals surface area contributed by atoms with Gasteiger partial charge in [0.15, 0.2) is 0 Å². The molecule has 1 rings (SSSR count). The fraction of sp³-hybridized carbons (Fsp3) is 0.462. The average Bonchev–Trinajstić information content (AvgIpc) is 2.36. The first-order valence-electron chi connectivity index (χ1n) is 6.09. The minimum absolute atomic E-state index is 0.0445. The lowest BCUT2D eigenvalue weighted by atomic mass is 10.2. The van der Waals surface area contributed by atoms with E-state index in [2.05, 4.69) is 4.74 Å². The number of sulfonamides is 1. The molecule has 0 aliphatic heterocycles. The van der Waals surface area contributed by atoms with Crippen molar-refractivity contribution in [1.29, 1.82) is 0 Å². The van der Waals surface area contributed by atoms with E-state index in [1.165, 1.54) is 20.2 Å². The predicted octanol–water partition coefficient (Wildman–Crippen LogP) is 1.01. The third-order valence-corrected chi connectivity index (χ3v) is 4.72. The largest absolute Gasteiger partial charge is 0.469 e. The molecule has 1 atom stereocenters. The number of nitrogens with zero attached hydrogens (tertiary/aromatic N) is 1. The Bertz CT molecular complexity index is 578. The topological polar surface area (TPSA) is 89.7 Å². The number of hydrogen-bond acceptors (Lipinski definition) is 5. The van der Waals surface area contributed by atoms with Crippen molar-refractivity contribution in [3.8, 4) is 0 Å². The minimum Gasteiger partial charge on any atom is -0.469 e. The maximum atomic E-state index is 12.4. The highest BCUT2D eigenvalue weighted by Crippen LogP contribution is 2.20. The van der Waals surface area contributed by atoms with E-state index >= 15 is 0 Å². The second-order valence-electron chi connectivity index (χ2n) is 4.79. The quantitative estimate of drug-likeness (QED) is 0.647. The van der Waals surface area contributed by atoms with Gasteiger partial charge in [-0.3, -0.25) is 4.79 Å². The van der Waals surface area contributed by atoms with Gasteiger partial charge in [0.05, 0.1) is 17.9 Å². The zero-order chi connectivity index (χ0) is 15.5. The van der Waals surface area contributed by atoms with Crippen molar-refractivity contribution in [2.45, 2.75) is 18.7 Å². The number of benzene rings is 1. The number of hydrogen-bond donors (Lipinski definition) is 1. The summed E-state index contributed by atoms with van der Waals surface area (Å²) in [6, 6.07) is 4.64. The monoisotopic (exact) mass is 300 g/mol. The Kier molecular flexibility index (Phi) is 5.13. The number of carbonyl (C=O) groups is 1. The van der Waals surface area contributed by atoms with Crippen molar-refractivity contribution in [1.82, 2.24) is 4.31 Å². The van der Waals surface area contributed by atoms with Crippen LogP contribution in [-0.4, -0.2) is 39.4 Å². The fourth-order valence-electron chi connectivity index (χ4n) is 1.86. The van der Waals surface area contributed by atoms with Gasteiger partial charge < -0.3 is 10.5 Å². The molecule has 0 heterocycles. The molecule has 0 fully saturated rings. The lowest BCUT2D eigenvalue weighted by Gasteiger charge is -2.20. The van der Waals surface area contributed by atoms with Gasteiger partial charge in [0, 0.05) is 19.3 Å². The van der Waals surface area contributed by atoms with Crippen LogP contribution in [-0.2, 0) is 19.6 Å². The van der Waals surface area contributed by atoms with E-state index in [-0.39, 0.29) is 11.4 Å². The molecule has 0 aliphatic rings. The first kappa shape index (κ1) is 16.5. The third-order valence-electron chi connectivity index (χ3n) is 2.92. The second kappa shape index (κ2) is 6.23. The zero-order valence-corrected chi connectivity index (χ0v) is 12.9. The summed E-state index contributed by atoms with van der Waals surface area (Å²) in [6.07, 6.45) is 0. The number of anilines is 1. The Balaban J connectivity index is 3.01. The number of methoxy groups -OCH3 is 1. The van der Waals surface area contributed by atoms with Crippen LogP contribution in [0.3, 0.4) is 0 Å². The molecule has 0 aromatic heterocycles. The van der Waals surface area contributed by atoms with Gasteiger partial charge in [0.1, 0.15) is 0 Å². The van der Waals surface area contributed by atoms with Crippen LogP contribution in [0.4, 0.5) is 5.69 Å². The molecule has 1 aromatic carbocycles. The highest BCUT2D eigenvalue weighted by Gasteiger charge is 2.25. The predicted molar refractivity (Wildman–Crippen MR) is 76.6 cm³/mol. The van der Waals surface area contributed by atoms with Crippen LogP contribution >= 0.6 is 0 Å². The molecule has 0 aliphatic carbocycles. The Morgan fingerprint density at radius 1 is 1.40 bits per heavy atom. The van der Waals surface area contributed by atoms with E-state index in [1.54, 1.807) is 26.0 Å². The molecule has 7 heteroatoms. The van der Waals surface area contributed by atoms with Crippen LogP contribution in [0.5, 0.6) is 0 Å². The first-order chi connectivity index (χ1) is 9.18. The number of nitrogens with two attached hydrogens (primary N) is 1. The number of aryl methyl sites for hydroxylation is 1. The Labute approximate surface area is 119 Å². The summed E-state index contributed by atoms with van der Waals surface area (Å²) in [5.41, 5.74) is 6.82. The average molecular weight is 300 g/mol. The van der Waals surface area contributed by atoms with E-state index < -0.39 is 21.9 Å². The van der Waals surface area contributed by atoms with Crippen molar-refractivity contribution in [3.05, 3.63) is 23.8 Å². The highest BCUT2D eigenvalue weighted by atomic mass is 32.2. The third kappa shape index (κ3) is 3.71. The molecule has 20 heavy (non-hydrogen) atoms. The van der Waals surface area contributed by atoms with Crippen molar-refractivity contribution >= 4 is 21.7 Å². The van der Waals surface area contributed by atoms with Crippen LogP contribution in [0.15, 0.2) is 23.1 Å². The van der Waals surface area contributed by atoms with E-state index in [0.29, 0.717) is 5.69 Å². The lowest BCUT2D eigenvalue weighted by Crippen LogP contribution is -2.34. The molecular formula is C13H20N2O4S. The van der Waals surface area contributed by atoms with Crippen molar-refractivity contribution in [2.75, 3.05) is 26.4 Å². The molecule has 6 nitrogen and oxygen atoms in total. The van der Waals surface area contributed by atoms with Gasteiger partial charge in [-0.25, -0.2) is 12.7 Å². The van der Waals surface area contributed by atoms with Gasteiger partial charge in [0.2, 0.25) is 10.0 Å². The maximum absolute atomic E-state index is 12.4. The van der Waals surface area contributed by atoms with Crippen molar-refractivity contribution in [3.63, 3.8) is 0 Å². The Morgan fingerprint density at radius 2 is 2.00 bits per heavy atom. The molecule has 0 spiro atoms. The van der Waals surface area contributed by atoms with E-state index in [4.69, 9.17) is 5.73 Å². The summed E-state index contributed by atoms with van der Waals surface area (Å²) in [6.45, 7) is 3.43. The SMILES string of the molecule is COC(=O)C(C)CN(C)S(=O)(=O)c1cc(C)cc(N)c1. The molecule has 0 saturated heterocycles. The van der Waals surface area contributed by atoms with Gasteiger partial charge in [-0.05, 0) is 30.7 Å². The maximum Gasteiger partial charge on any atom is 0.309 e. The number of nitrogen functional groups attached to an aromatic ring is 1. The van der Waals surface area contributed by atoms with Gasteiger partial charge >= 0.3 is 5.97 Å². The van der Waals surface area contributed by atoms with Crippen LogP contribution in [0.25, 0.3) is 0 Å². The molecule has 0 radical (unpaired) electrons. The summed E-state index contributed by atoms with van der Waals surface area (Å²) in [4.78, 5) is 11.5. The van der Waals surface area contributed by atoms with Crippen LogP contribution in [0, 0.1) is 12.8 Å². The highest BCUT2D eigenvalue weighted by molar-refractivity contribution is 7.89. The molecule has 2 N–H and O–H groups in total. The van der Waals surface area contributed by atoms with Crippen LogP contribution in [0.2, 0.25) is 0 Å². The molecule has 0 amide bonds. The van der Waals surface area contributed by atoms with Gasteiger partial charge in [-0.2, -0.15) is 0 Å². The zero-order valence-electron chi connectivity index (χ0n) is 12.1. The summed E-state index contributed by atoms with van der Waals surface area (Å²) < 4.78 is 30.5. The minimum atomic E-state index is -3.68. The summed E-state index contributed by atoms with van der Waals surface area (Å²) in [5.74, 6) is -0.988. The fourth-order valence-corrected chi connectivity index (χ4v) is 3.26. The molecular weight excluding hydrogens is 280 g/mol. The standard InChI is InChI=1S/C13H20N2O4S/c1-9-5-11(14)7-12(6-9)20(17,18)15(3)8-10(2)13(16)19-4/h5-7,10H,8,14H2,1-4H3. The van der Waals surface area contributed by atoms with E-state index in [9.17, 15) is 13.2 Å². The lowest BCUT2D eigenvalue weighted by molar-refractivity contribution is -0.144. The second-order valence-corrected chi connectivity index (χ2v) is 6.83. The molecule has 0 saturated carbocycles. The summed E-state index contributed by atoms with van der Waals surface area (Å²) >= 11 is 0. The van der Waals surface area contributed by atoms with E-state index in [0.717, 1.165) is 9.87 Å². The summed E-state index contributed by atoms with van der Waals surface area (Å²) in [5, 5.41) is 0. The number of esters is 1. The molecule has 1 unspecified atom stereocenters. The molecule has 0 bridgehead atoms.